The Labute approximate surface area is 277 Å². The second-order valence-electron chi connectivity index (χ2n) is 10.4. The second-order valence-corrected chi connectivity index (χ2v) is 89.7. The van der Waals surface area contributed by atoms with Gasteiger partial charge >= 0.3 is 281 Å². The molecule has 0 N–H and O–H groups in total. The Hall–Kier alpha value is -1.66. The van der Waals surface area contributed by atoms with E-state index < -0.39 is 67.6 Å². The third kappa shape index (κ3) is 5.31. The number of hydrogen-bond acceptors (Lipinski definition) is 0. The molecule has 0 nitrogen and oxygen atoms in total. The third-order valence-electron chi connectivity index (χ3n) is 7.79. The van der Waals surface area contributed by atoms with E-state index in [0.717, 1.165) is 0 Å². The van der Waals surface area contributed by atoms with Crippen LogP contribution in [0, 0.1) is 0 Å². The van der Waals surface area contributed by atoms with Crippen LogP contribution in [0.2, 0.25) is 0 Å². The Morgan fingerprint density at radius 1 is 0.214 bits per heavy atom. The van der Waals surface area contributed by atoms with Gasteiger partial charge < -0.3 is 0 Å². The first-order valence-corrected chi connectivity index (χ1v) is 40.6. The molecule has 6 aromatic carbocycles. The summed E-state index contributed by atoms with van der Waals surface area (Å²) in [6.45, 7) is 0. The molecule has 0 unspecified atom stereocenters. The molecule has 7 rings (SSSR count). The van der Waals surface area contributed by atoms with Crippen molar-refractivity contribution in [1.29, 1.82) is 0 Å². The summed E-state index contributed by atoms with van der Waals surface area (Å²) in [6.07, 6.45) is 0. The Morgan fingerprint density at radius 3 is 0.500 bits per heavy atom. The summed E-state index contributed by atoms with van der Waals surface area (Å²) in [6, 6.07) is 71.9. The first kappa shape index (κ1) is 29.1. The van der Waals surface area contributed by atoms with Gasteiger partial charge in [0.15, 0.2) is 0 Å². The minimum atomic E-state index is -2.02. The zero-order valence-corrected chi connectivity index (χ0v) is 33.0. The van der Waals surface area contributed by atoms with Gasteiger partial charge in [0.1, 0.15) is 0 Å². The van der Waals surface area contributed by atoms with Crippen molar-refractivity contribution in [2.45, 2.75) is 0 Å². The molecule has 0 radical (unpaired) electrons. The Kier molecular flexibility index (Phi) is 8.83. The van der Waals surface area contributed by atoms with Crippen LogP contribution in [0.1, 0.15) is 0 Å². The topological polar surface area (TPSA) is 0 Å². The summed E-state index contributed by atoms with van der Waals surface area (Å²) in [5, 5.41) is 10.3. The van der Waals surface area contributed by atoms with Crippen molar-refractivity contribution >= 4 is 98.7 Å². The van der Waals surface area contributed by atoms with Gasteiger partial charge in [-0.05, 0) is 0 Å². The zero-order valence-electron chi connectivity index (χ0n) is 23.0. The van der Waals surface area contributed by atoms with Gasteiger partial charge in [-0.25, -0.2) is 0 Å². The number of hydrogen-bond donors (Lipinski definition) is 0. The predicted molar refractivity (Wildman–Crippen MR) is 191 cm³/mol. The molecular formula is C36H30Si3Te3. The second kappa shape index (κ2) is 12.8. The van der Waals surface area contributed by atoms with Crippen molar-refractivity contribution in [3.05, 3.63) is 182 Å². The van der Waals surface area contributed by atoms with Crippen molar-refractivity contribution in [2.75, 3.05) is 0 Å². The van der Waals surface area contributed by atoms with E-state index in [1.54, 1.807) is 31.1 Å². The molecular weight excluding hydrogens is 899 g/mol. The average Bonchev–Trinajstić information content (AvgIpc) is 3.10. The molecule has 6 aromatic rings. The number of rotatable bonds is 6. The van der Waals surface area contributed by atoms with Crippen LogP contribution < -0.4 is 31.1 Å². The molecule has 204 valence electrons. The molecule has 0 atom stereocenters. The number of benzene rings is 6. The maximum absolute atomic E-state index is 2.55. The van der Waals surface area contributed by atoms with Crippen LogP contribution in [0.5, 0.6) is 0 Å². The third-order valence-corrected chi connectivity index (χ3v) is 176. The van der Waals surface area contributed by atoms with Crippen LogP contribution in [-0.2, 0) is 0 Å². The van der Waals surface area contributed by atoms with Crippen molar-refractivity contribution in [1.82, 2.24) is 0 Å². The van der Waals surface area contributed by atoms with Gasteiger partial charge in [-0.1, -0.05) is 0 Å². The Bertz CT molecular complexity index is 1400. The van der Waals surface area contributed by atoms with Gasteiger partial charge in [0.2, 0.25) is 0 Å². The molecule has 1 saturated heterocycles. The van der Waals surface area contributed by atoms with Gasteiger partial charge in [-0.2, -0.15) is 0 Å². The van der Waals surface area contributed by atoms with E-state index in [1.807, 2.05) is 0 Å². The fourth-order valence-electron chi connectivity index (χ4n) is 5.82. The summed E-state index contributed by atoms with van der Waals surface area (Å²) in [5.74, 6) is 0. The van der Waals surface area contributed by atoms with Gasteiger partial charge in [-0.15, -0.1) is 0 Å². The summed E-state index contributed by atoms with van der Waals surface area (Å²) in [7, 11) is 0. The van der Waals surface area contributed by atoms with E-state index in [9.17, 15) is 0 Å². The van der Waals surface area contributed by atoms with Crippen molar-refractivity contribution in [3.8, 4) is 0 Å². The molecule has 1 fully saturated rings. The Balaban J connectivity index is 1.64. The first-order chi connectivity index (χ1) is 20.8. The predicted octanol–water partition coefficient (Wildman–Crippen LogP) is 2.88. The molecule has 0 bridgehead atoms. The molecule has 1 heterocycles. The summed E-state index contributed by atoms with van der Waals surface area (Å²) in [5.41, 5.74) is 0. The molecule has 0 amide bonds. The molecule has 6 heteroatoms. The molecule has 0 aliphatic carbocycles. The van der Waals surface area contributed by atoms with E-state index in [0.29, 0.717) is 0 Å². The van der Waals surface area contributed by atoms with E-state index in [2.05, 4.69) is 182 Å². The summed E-state index contributed by atoms with van der Waals surface area (Å²) < 4.78 is -6.06. The summed E-state index contributed by atoms with van der Waals surface area (Å²) >= 11 is -1.19. The van der Waals surface area contributed by atoms with E-state index in [-0.39, 0.29) is 0 Å². The van der Waals surface area contributed by atoms with Crippen molar-refractivity contribution < 1.29 is 0 Å². The van der Waals surface area contributed by atoms with Crippen molar-refractivity contribution in [3.63, 3.8) is 0 Å². The monoisotopic (exact) mass is 936 g/mol. The maximum atomic E-state index is 2.55. The average molecular weight is 930 g/mol. The Morgan fingerprint density at radius 2 is 0.357 bits per heavy atom. The van der Waals surface area contributed by atoms with Crippen LogP contribution in [-0.4, -0.2) is 67.6 Å². The van der Waals surface area contributed by atoms with Crippen LogP contribution in [0.3, 0.4) is 0 Å². The van der Waals surface area contributed by atoms with E-state index in [1.165, 1.54) is 0 Å². The fourth-order valence-corrected chi connectivity index (χ4v) is 400. The van der Waals surface area contributed by atoms with E-state index in [4.69, 9.17) is 0 Å². The van der Waals surface area contributed by atoms with E-state index >= 15 is 0 Å². The van der Waals surface area contributed by atoms with Gasteiger partial charge in [0.25, 0.3) is 0 Å². The fraction of sp³-hybridized carbons (Fsp3) is 0. The summed E-state index contributed by atoms with van der Waals surface area (Å²) in [4.78, 5) is 0. The SMILES string of the molecule is c1ccc([Si]2(c3ccccc3)[Te][Si](c3ccccc3)(c3ccccc3)[Te][Si](c3ccccc3)(c3ccccc3)[Te]2)cc1. The van der Waals surface area contributed by atoms with Crippen LogP contribution >= 0.6 is 0 Å². The molecule has 0 aromatic heterocycles. The first-order valence-electron chi connectivity index (χ1n) is 14.2. The molecule has 1 aliphatic rings. The quantitative estimate of drug-likeness (QED) is 0.226. The van der Waals surface area contributed by atoms with Crippen LogP contribution in [0.15, 0.2) is 182 Å². The zero-order chi connectivity index (χ0) is 28.3. The molecule has 0 spiro atoms. The normalized spacial score (nSPS) is 16.9. The molecule has 42 heavy (non-hydrogen) atoms. The van der Waals surface area contributed by atoms with Gasteiger partial charge in [0.05, 0.1) is 0 Å². The standard InChI is InChI=1S/C36H30Si3Te3/c1-7-19-31(20-8-1)37(32-21-9-2-10-22-32)40-38(33-23-11-3-12-24-33,34-25-13-4-14-26-34)42-39(41-37,35-27-15-5-16-28-35)36-29-17-6-18-30-36/h1-30H. The van der Waals surface area contributed by atoms with Crippen molar-refractivity contribution in [2.24, 2.45) is 0 Å². The van der Waals surface area contributed by atoms with Gasteiger partial charge in [-0.3, -0.25) is 0 Å². The van der Waals surface area contributed by atoms with Gasteiger partial charge in [0, 0.05) is 0 Å². The minimum absolute atomic E-state index is 0.398. The van der Waals surface area contributed by atoms with Crippen LogP contribution in [0.25, 0.3) is 0 Å². The molecule has 0 saturated carbocycles. The molecule has 1 aliphatic heterocycles. The van der Waals surface area contributed by atoms with Crippen LogP contribution in [0.4, 0.5) is 0 Å².